The summed E-state index contributed by atoms with van der Waals surface area (Å²) in [7, 11) is 2.03. The van der Waals surface area contributed by atoms with Crippen LogP contribution < -0.4 is 10.5 Å². The molecule has 26 heavy (non-hydrogen) atoms. The standard InChI is InChI=1S/C18H20FN3O3.ClH/c1-20-4-6-21(7-5-20)16-9-15-12(11-2-3-11)8-13(18(24)25)17(23)22(15)10-14(16)19;/h8-11H,2-7H2,1H3,(H,24,25);1H. The minimum absolute atomic E-state index is 0. The largest absolute Gasteiger partial charge is 0.477 e. The number of halogens is 2. The van der Waals surface area contributed by atoms with E-state index in [-0.39, 0.29) is 23.9 Å². The molecule has 0 bridgehead atoms. The lowest BCUT2D eigenvalue weighted by molar-refractivity contribution is 0.0694. The molecule has 2 fully saturated rings. The maximum atomic E-state index is 14.7. The van der Waals surface area contributed by atoms with Crippen molar-refractivity contribution in [2.75, 3.05) is 38.1 Å². The SMILES string of the molecule is CN1CCN(c2cc3c(C4CC4)cc(C(=O)O)c(=O)n3cc2F)CC1.Cl. The van der Waals surface area contributed by atoms with Crippen LogP contribution in [0.4, 0.5) is 10.1 Å². The first-order valence-electron chi connectivity index (χ1n) is 8.51. The van der Waals surface area contributed by atoms with Crippen LogP contribution in [0.3, 0.4) is 0 Å². The molecule has 0 aromatic carbocycles. The molecule has 1 N–H and O–H groups in total. The van der Waals surface area contributed by atoms with Gasteiger partial charge in [-0.1, -0.05) is 0 Å². The highest BCUT2D eigenvalue weighted by atomic mass is 35.5. The lowest BCUT2D eigenvalue weighted by Crippen LogP contribution is -2.44. The van der Waals surface area contributed by atoms with Gasteiger partial charge in [-0.3, -0.25) is 9.20 Å². The van der Waals surface area contributed by atoms with E-state index in [0.29, 0.717) is 11.2 Å². The first-order valence-corrected chi connectivity index (χ1v) is 8.51. The monoisotopic (exact) mass is 381 g/mol. The summed E-state index contributed by atoms with van der Waals surface area (Å²) in [6, 6.07) is 3.19. The Morgan fingerprint density at radius 3 is 2.42 bits per heavy atom. The number of rotatable bonds is 3. The van der Waals surface area contributed by atoms with Gasteiger partial charge in [-0.2, -0.15) is 0 Å². The minimum atomic E-state index is -1.27. The Hall–Kier alpha value is -2.12. The van der Waals surface area contributed by atoms with E-state index in [0.717, 1.165) is 55.2 Å². The molecule has 2 aromatic heterocycles. The Bertz CT molecular complexity index is 918. The molecule has 4 rings (SSSR count). The molecule has 1 saturated heterocycles. The summed E-state index contributed by atoms with van der Waals surface area (Å²) in [5, 5.41) is 9.28. The summed E-state index contributed by atoms with van der Waals surface area (Å²) in [5.41, 5.74) is 0.944. The van der Waals surface area contributed by atoms with Gasteiger partial charge in [0.2, 0.25) is 0 Å². The number of likely N-dealkylation sites (N-methyl/N-ethyl adjacent to an activating group) is 1. The van der Waals surface area contributed by atoms with Crippen molar-refractivity contribution in [1.29, 1.82) is 0 Å². The van der Waals surface area contributed by atoms with E-state index in [9.17, 15) is 19.1 Å². The summed E-state index contributed by atoms with van der Waals surface area (Å²) < 4.78 is 15.9. The van der Waals surface area contributed by atoms with Crippen LogP contribution in [-0.4, -0.2) is 53.6 Å². The van der Waals surface area contributed by atoms with Crippen molar-refractivity contribution in [3.8, 4) is 0 Å². The summed E-state index contributed by atoms with van der Waals surface area (Å²) in [4.78, 5) is 28.0. The van der Waals surface area contributed by atoms with Crippen LogP contribution >= 0.6 is 12.4 Å². The number of piperazine rings is 1. The van der Waals surface area contributed by atoms with Gasteiger partial charge in [0.25, 0.3) is 5.56 Å². The van der Waals surface area contributed by atoms with Gasteiger partial charge in [0.15, 0.2) is 5.82 Å². The molecule has 1 aliphatic heterocycles. The van der Waals surface area contributed by atoms with Crippen LogP contribution in [0, 0.1) is 5.82 Å². The van der Waals surface area contributed by atoms with Crippen molar-refractivity contribution in [3.63, 3.8) is 0 Å². The van der Waals surface area contributed by atoms with Crippen molar-refractivity contribution >= 4 is 29.6 Å². The van der Waals surface area contributed by atoms with Crippen molar-refractivity contribution in [2.24, 2.45) is 0 Å². The zero-order valence-electron chi connectivity index (χ0n) is 14.4. The molecule has 2 aromatic rings. The predicted octanol–water partition coefficient (Wildman–Crippen LogP) is 2.19. The number of carboxylic acids is 1. The predicted molar refractivity (Wildman–Crippen MR) is 99.5 cm³/mol. The zero-order valence-corrected chi connectivity index (χ0v) is 15.3. The van der Waals surface area contributed by atoms with Crippen LogP contribution in [0.1, 0.15) is 34.7 Å². The van der Waals surface area contributed by atoms with Gasteiger partial charge in [0.1, 0.15) is 5.56 Å². The second kappa shape index (κ2) is 6.89. The molecule has 2 aliphatic rings. The summed E-state index contributed by atoms with van der Waals surface area (Å²) in [6.07, 6.45) is 3.08. The third-order valence-corrected chi connectivity index (χ3v) is 5.16. The maximum Gasteiger partial charge on any atom is 0.341 e. The average molecular weight is 382 g/mol. The molecular formula is C18H21ClFN3O3. The molecule has 0 amide bonds. The van der Waals surface area contributed by atoms with E-state index < -0.39 is 17.3 Å². The first-order chi connectivity index (χ1) is 12.0. The highest BCUT2D eigenvalue weighted by Crippen LogP contribution is 2.42. The van der Waals surface area contributed by atoms with E-state index >= 15 is 0 Å². The highest BCUT2D eigenvalue weighted by molar-refractivity contribution is 5.88. The average Bonchev–Trinajstić information content (AvgIpc) is 3.41. The fraction of sp³-hybridized carbons (Fsp3) is 0.444. The summed E-state index contributed by atoms with van der Waals surface area (Å²) in [5.74, 6) is -1.52. The first kappa shape index (κ1) is 18.7. The van der Waals surface area contributed by atoms with Gasteiger partial charge >= 0.3 is 5.97 Å². The molecule has 0 spiro atoms. The Balaban J connectivity index is 0.00000196. The van der Waals surface area contributed by atoms with Gasteiger partial charge in [-0.25, -0.2) is 9.18 Å². The lowest BCUT2D eigenvalue weighted by atomic mass is 10.1. The van der Waals surface area contributed by atoms with Crippen molar-refractivity contribution in [1.82, 2.24) is 9.30 Å². The minimum Gasteiger partial charge on any atom is -0.477 e. The number of carboxylic acid groups (broad SMARTS) is 1. The van der Waals surface area contributed by atoms with Crippen molar-refractivity contribution in [3.05, 3.63) is 45.6 Å². The van der Waals surface area contributed by atoms with E-state index in [2.05, 4.69) is 4.90 Å². The Morgan fingerprint density at radius 1 is 1.19 bits per heavy atom. The van der Waals surface area contributed by atoms with Crippen LogP contribution in [0.25, 0.3) is 5.52 Å². The summed E-state index contributed by atoms with van der Waals surface area (Å²) >= 11 is 0. The Labute approximate surface area is 156 Å². The zero-order chi connectivity index (χ0) is 17.7. The molecule has 1 saturated carbocycles. The normalized spacial score (nSPS) is 18.0. The molecular weight excluding hydrogens is 361 g/mol. The lowest BCUT2D eigenvalue weighted by Gasteiger charge is -2.34. The fourth-order valence-corrected chi connectivity index (χ4v) is 3.49. The number of hydrogen-bond donors (Lipinski definition) is 1. The number of nitrogens with zero attached hydrogens (tertiary/aromatic N) is 3. The third-order valence-electron chi connectivity index (χ3n) is 5.16. The fourth-order valence-electron chi connectivity index (χ4n) is 3.49. The van der Waals surface area contributed by atoms with Gasteiger partial charge in [0, 0.05) is 26.2 Å². The van der Waals surface area contributed by atoms with Gasteiger partial charge < -0.3 is 14.9 Å². The van der Waals surface area contributed by atoms with Crippen LogP contribution in [0.2, 0.25) is 0 Å². The third kappa shape index (κ3) is 3.17. The second-order valence-electron chi connectivity index (χ2n) is 6.95. The van der Waals surface area contributed by atoms with E-state index in [4.69, 9.17) is 0 Å². The molecule has 3 heterocycles. The molecule has 140 valence electrons. The van der Waals surface area contributed by atoms with Gasteiger partial charge in [0.05, 0.1) is 17.4 Å². The quantitative estimate of drug-likeness (QED) is 0.882. The van der Waals surface area contributed by atoms with Crippen molar-refractivity contribution in [2.45, 2.75) is 18.8 Å². The van der Waals surface area contributed by atoms with E-state index in [1.54, 1.807) is 6.07 Å². The van der Waals surface area contributed by atoms with E-state index in [1.165, 1.54) is 6.07 Å². The highest BCUT2D eigenvalue weighted by Gasteiger charge is 2.29. The Morgan fingerprint density at radius 2 is 1.85 bits per heavy atom. The molecule has 0 atom stereocenters. The molecule has 0 unspecified atom stereocenters. The van der Waals surface area contributed by atoms with Crippen LogP contribution in [-0.2, 0) is 0 Å². The van der Waals surface area contributed by atoms with Crippen molar-refractivity contribution < 1.29 is 14.3 Å². The number of anilines is 1. The molecule has 6 nitrogen and oxygen atoms in total. The van der Waals surface area contributed by atoms with Gasteiger partial charge in [-0.15, -0.1) is 12.4 Å². The van der Waals surface area contributed by atoms with Crippen LogP contribution in [0.5, 0.6) is 0 Å². The molecule has 8 heteroatoms. The number of aromatic carboxylic acids is 1. The number of fused-ring (bicyclic) bond motifs is 1. The van der Waals surface area contributed by atoms with E-state index in [1.807, 2.05) is 11.9 Å². The maximum absolute atomic E-state index is 14.7. The molecule has 1 aliphatic carbocycles. The smallest absolute Gasteiger partial charge is 0.341 e. The number of pyridine rings is 2. The molecule has 0 radical (unpaired) electrons. The topological polar surface area (TPSA) is 65.3 Å². The number of carbonyl (C=O) groups is 1. The number of hydrogen-bond acceptors (Lipinski definition) is 4. The number of aromatic nitrogens is 1. The summed E-state index contributed by atoms with van der Waals surface area (Å²) in [6.45, 7) is 3.15. The Kier molecular flexibility index (Phi) is 4.94. The van der Waals surface area contributed by atoms with Crippen LogP contribution in [0.15, 0.2) is 23.1 Å². The second-order valence-corrected chi connectivity index (χ2v) is 6.95. The van der Waals surface area contributed by atoms with Gasteiger partial charge in [-0.05, 0) is 43.5 Å².